The van der Waals surface area contributed by atoms with E-state index < -0.39 is 4.92 Å². The van der Waals surface area contributed by atoms with Gasteiger partial charge >= 0.3 is 0 Å². The van der Waals surface area contributed by atoms with Crippen molar-refractivity contribution < 1.29 is 14.5 Å². The van der Waals surface area contributed by atoms with E-state index in [1.807, 2.05) is 54.7 Å². The maximum absolute atomic E-state index is 13.4. The predicted molar refractivity (Wildman–Crippen MR) is 117 cm³/mol. The average Bonchev–Trinajstić information content (AvgIpc) is 3.21. The summed E-state index contributed by atoms with van der Waals surface area (Å²) in [5.41, 5.74) is 3.51. The molecule has 1 fully saturated rings. The van der Waals surface area contributed by atoms with Crippen LogP contribution in [0.2, 0.25) is 0 Å². The number of rotatable bonds is 5. The first-order valence-corrected chi connectivity index (χ1v) is 9.86. The van der Waals surface area contributed by atoms with Crippen molar-refractivity contribution in [1.29, 1.82) is 0 Å². The second-order valence-corrected chi connectivity index (χ2v) is 7.47. The molecule has 0 radical (unpaired) electrons. The Labute approximate surface area is 178 Å². The van der Waals surface area contributed by atoms with Crippen LogP contribution in [-0.4, -0.2) is 22.9 Å². The molecule has 2 atom stereocenters. The highest BCUT2D eigenvalue weighted by Crippen LogP contribution is 2.50. The molecular weight excluding hydrogens is 394 g/mol. The number of amides is 1. The number of nitro groups is 1. The highest BCUT2D eigenvalue weighted by Gasteiger charge is 2.50. The van der Waals surface area contributed by atoms with Gasteiger partial charge in [-0.1, -0.05) is 30.3 Å². The van der Waals surface area contributed by atoms with Gasteiger partial charge in [0.15, 0.2) is 0 Å². The number of fused-ring (bicyclic) bond motifs is 1. The number of β-lactam (4-membered cyclic amide) rings is 1. The summed E-state index contributed by atoms with van der Waals surface area (Å²) in [6.45, 7) is 0. The summed E-state index contributed by atoms with van der Waals surface area (Å²) in [5.74, 6) is 0.301. The molecule has 154 valence electrons. The number of hydrogen-bond acceptors (Lipinski definition) is 4. The number of hydrogen-bond donors (Lipinski definition) is 1. The molecule has 1 N–H and O–H groups in total. The lowest BCUT2D eigenvalue weighted by molar-refractivity contribution is -0.384. The number of nitro benzene ring substituents is 1. The molecule has 7 heteroatoms. The van der Waals surface area contributed by atoms with Gasteiger partial charge in [-0.2, -0.15) is 0 Å². The lowest BCUT2D eigenvalue weighted by Crippen LogP contribution is -2.53. The fraction of sp³-hybridized carbons (Fsp3) is 0.125. The van der Waals surface area contributed by atoms with Crippen LogP contribution in [0.15, 0.2) is 79.0 Å². The van der Waals surface area contributed by atoms with Crippen LogP contribution in [0.5, 0.6) is 5.75 Å². The quantitative estimate of drug-likeness (QED) is 0.285. The Kier molecular flexibility index (Phi) is 4.43. The number of aromatic amines is 1. The highest BCUT2D eigenvalue weighted by atomic mass is 16.6. The average molecular weight is 413 g/mol. The zero-order valence-electron chi connectivity index (χ0n) is 16.7. The van der Waals surface area contributed by atoms with Crippen molar-refractivity contribution in [3.05, 3.63) is 100 Å². The standard InChI is InChI=1S/C24H19N3O4/c1-31-18-12-10-16(11-13-18)26-23(15-6-8-17(9-7-15)27(29)30)22(24(26)28)20-14-25-21-5-3-2-4-19(20)21/h2-14,22-23,25H,1H3/t22-,23+/m0/s1. The summed E-state index contributed by atoms with van der Waals surface area (Å²) < 4.78 is 5.23. The van der Waals surface area contributed by atoms with Crippen LogP contribution in [0.25, 0.3) is 10.9 Å². The number of para-hydroxylation sites is 1. The van der Waals surface area contributed by atoms with Gasteiger partial charge in [-0.3, -0.25) is 14.9 Å². The number of non-ortho nitro benzene ring substituents is 1. The topological polar surface area (TPSA) is 88.5 Å². The number of nitrogens with zero attached hydrogens (tertiary/aromatic N) is 2. The summed E-state index contributed by atoms with van der Waals surface area (Å²) >= 11 is 0. The molecule has 2 heterocycles. The summed E-state index contributed by atoms with van der Waals surface area (Å²) in [6, 6.07) is 21.3. The van der Waals surface area contributed by atoms with Crippen LogP contribution < -0.4 is 9.64 Å². The van der Waals surface area contributed by atoms with Gasteiger partial charge in [-0.15, -0.1) is 0 Å². The molecule has 0 unspecified atom stereocenters. The minimum atomic E-state index is -0.423. The molecular formula is C24H19N3O4. The van der Waals surface area contributed by atoms with Gasteiger partial charge in [0.2, 0.25) is 5.91 Å². The Morgan fingerprint density at radius 2 is 1.71 bits per heavy atom. The van der Waals surface area contributed by atoms with E-state index in [0.717, 1.165) is 27.7 Å². The summed E-state index contributed by atoms with van der Waals surface area (Å²) in [4.78, 5) is 29.0. The minimum absolute atomic E-state index is 0.0155. The van der Waals surface area contributed by atoms with Crippen molar-refractivity contribution in [2.75, 3.05) is 12.0 Å². The van der Waals surface area contributed by atoms with E-state index in [1.54, 1.807) is 24.1 Å². The van der Waals surface area contributed by atoms with Crippen molar-refractivity contribution in [2.45, 2.75) is 12.0 Å². The number of carbonyl (C=O) groups is 1. The summed E-state index contributed by atoms with van der Waals surface area (Å²) in [7, 11) is 1.59. The predicted octanol–water partition coefficient (Wildman–Crippen LogP) is 4.96. The fourth-order valence-corrected chi connectivity index (χ4v) is 4.31. The Hall–Kier alpha value is -4.13. The van der Waals surface area contributed by atoms with Crippen LogP contribution in [0.3, 0.4) is 0 Å². The largest absolute Gasteiger partial charge is 0.497 e. The molecule has 1 aromatic heterocycles. The monoisotopic (exact) mass is 413 g/mol. The van der Waals surface area contributed by atoms with Gasteiger partial charge in [0.05, 0.1) is 24.0 Å². The number of H-pyrrole nitrogens is 1. The molecule has 0 spiro atoms. The van der Waals surface area contributed by atoms with E-state index in [2.05, 4.69) is 4.98 Å². The zero-order chi connectivity index (χ0) is 21.5. The number of nitrogens with one attached hydrogen (secondary N) is 1. The van der Waals surface area contributed by atoms with E-state index >= 15 is 0 Å². The fourth-order valence-electron chi connectivity index (χ4n) is 4.31. The third-order valence-corrected chi connectivity index (χ3v) is 5.85. The first kappa shape index (κ1) is 18.9. The van der Waals surface area contributed by atoms with E-state index in [0.29, 0.717) is 5.75 Å². The maximum atomic E-state index is 13.4. The maximum Gasteiger partial charge on any atom is 0.269 e. The van der Waals surface area contributed by atoms with Crippen LogP contribution in [-0.2, 0) is 4.79 Å². The number of methoxy groups -OCH3 is 1. The zero-order valence-corrected chi connectivity index (χ0v) is 16.7. The molecule has 4 aromatic rings. The Bertz CT molecular complexity index is 1280. The molecule has 3 aromatic carbocycles. The number of benzene rings is 3. The Morgan fingerprint density at radius 1 is 1.00 bits per heavy atom. The molecule has 1 aliphatic rings. The Balaban J connectivity index is 1.60. The molecule has 1 amide bonds. The van der Waals surface area contributed by atoms with Gasteiger partial charge in [-0.25, -0.2) is 0 Å². The lowest BCUT2D eigenvalue weighted by atomic mass is 9.77. The van der Waals surface area contributed by atoms with Crippen molar-refractivity contribution in [3.63, 3.8) is 0 Å². The molecule has 5 rings (SSSR count). The van der Waals surface area contributed by atoms with E-state index in [1.165, 1.54) is 12.1 Å². The Morgan fingerprint density at radius 3 is 2.39 bits per heavy atom. The molecule has 1 aliphatic heterocycles. The number of anilines is 1. The molecule has 0 aliphatic carbocycles. The van der Waals surface area contributed by atoms with Gasteiger partial charge < -0.3 is 14.6 Å². The second kappa shape index (κ2) is 7.28. The SMILES string of the molecule is COc1ccc(N2C(=O)[C@@H](c3c[nH]c4ccccc34)[C@H]2c2ccc([N+](=O)[O-])cc2)cc1. The lowest BCUT2D eigenvalue weighted by Gasteiger charge is -2.47. The van der Waals surface area contributed by atoms with Crippen molar-refractivity contribution in [2.24, 2.45) is 0 Å². The van der Waals surface area contributed by atoms with Crippen LogP contribution >= 0.6 is 0 Å². The normalized spacial score (nSPS) is 18.1. The number of aromatic nitrogens is 1. The van der Waals surface area contributed by atoms with Crippen LogP contribution in [0.1, 0.15) is 23.1 Å². The number of ether oxygens (including phenoxy) is 1. The molecule has 7 nitrogen and oxygen atoms in total. The van der Waals surface area contributed by atoms with Crippen LogP contribution in [0, 0.1) is 10.1 Å². The summed E-state index contributed by atoms with van der Waals surface area (Å²) in [5, 5.41) is 12.1. The minimum Gasteiger partial charge on any atom is -0.497 e. The smallest absolute Gasteiger partial charge is 0.269 e. The van der Waals surface area contributed by atoms with E-state index in [4.69, 9.17) is 4.74 Å². The van der Waals surface area contributed by atoms with Crippen molar-refractivity contribution in [1.82, 2.24) is 4.98 Å². The van der Waals surface area contributed by atoms with E-state index in [-0.39, 0.29) is 23.6 Å². The second-order valence-electron chi connectivity index (χ2n) is 7.47. The first-order valence-electron chi connectivity index (χ1n) is 9.86. The summed E-state index contributed by atoms with van der Waals surface area (Å²) in [6.07, 6.45) is 1.89. The van der Waals surface area contributed by atoms with Crippen molar-refractivity contribution in [3.8, 4) is 5.75 Å². The van der Waals surface area contributed by atoms with Gasteiger partial charge in [0.1, 0.15) is 5.75 Å². The molecule has 0 bridgehead atoms. The van der Waals surface area contributed by atoms with Crippen molar-refractivity contribution >= 4 is 28.2 Å². The van der Waals surface area contributed by atoms with E-state index in [9.17, 15) is 14.9 Å². The molecule has 0 saturated carbocycles. The van der Waals surface area contributed by atoms with Gasteiger partial charge in [0.25, 0.3) is 5.69 Å². The third kappa shape index (κ3) is 3.02. The molecule has 31 heavy (non-hydrogen) atoms. The number of carbonyl (C=O) groups excluding carboxylic acids is 1. The van der Waals surface area contributed by atoms with Gasteiger partial charge in [-0.05, 0) is 41.5 Å². The van der Waals surface area contributed by atoms with Gasteiger partial charge in [0, 0.05) is 34.9 Å². The highest BCUT2D eigenvalue weighted by molar-refractivity contribution is 6.08. The van der Waals surface area contributed by atoms with Crippen LogP contribution in [0.4, 0.5) is 11.4 Å². The third-order valence-electron chi connectivity index (χ3n) is 5.85. The first-order chi connectivity index (χ1) is 15.1. The molecule has 1 saturated heterocycles.